The fraction of sp³-hybridized carbons (Fsp3) is 0.294. The summed E-state index contributed by atoms with van der Waals surface area (Å²) in [6.45, 7) is 3.68. The molecule has 1 aromatic rings. The number of rotatable bonds is 3. The summed E-state index contributed by atoms with van der Waals surface area (Å²) in [5.41, 5.74) is 6.93. The van der Waals surface area contributed by atoms with E-state index in [9.17, 15) is 10.1 Å². The summed E-state index contributed by atoms with van der Waals surface area (Å²) < 4.78 is 21.2. The first kappa shape index (κ1) is 15.7. The number of hydrogen-bond acceptors (Lipinski definition) is 7. The average Bonchev–Trinajstić information content (AvgIpc) is 3.01. The molecule has 0 amide bonds. The molecule has 2 N–H and O–H groups in total. The quantitative estimate of drug-likeness (QED) is 0.847. The third-order valence-corrected chi connectivity index (χ3v) is 3.83. The fourth-order valence-electron chi connectivity index (χ4n) is 2.78. The summed E-state index contributed by atoms with van der Waals surface area (Å²) in [5.74, 6) is 0.226. The van der Waals surface area contributed by atoms with Gasteiger partial charge in [-0.05, 0) is 31.5 Å². The van der Waals surface area contributed by atoms with E-state index < -0.39 is 11.9 Å². The van der Waals surface area contributed by atoms with Crippen LogP contribution in [-0.4, -0.2) is 19.4 Å². The number of carbonyl (C=O) groups is 1. The Labute approximate surface area is 138 Å². The number of carbonyl (C=O) groups excluding carboxylic acids is 1. The van der Waals surface area contributed by atoms with E-state index in [2.05, 4.69) is 0 Å². The highest BCUT2D eigenvalue weighted by molar-refractivity contribution is 5.92. The molecule has 3 rings (SSSR count). The van der Waals surface area contributed by atoms with Crippen LogP contribution in [0, 0.1) is 11.3 Å². The molecule has 2 aliphatic rings. The minimum absolute atomic E-state index is 0.0225. The van der Waals surface area contributed by atoms with Crippen LogP contribution in [0.25, 0.3) is 0 Å². The molecule has 0 unspecified atom stereocenters. The summed E-state index contributed by atoms with van der Waals surface area (Å²) in [6, 6.07) is 7.26. The molecule has 7 nitrogen and oxygen atoms in total. The van der Waals surface area contributed by atoms with Gasteiger partial charge in [0.15, 0.2) is 11.5 Å². The first-order valence-electron chi connectivity index (χ1n) is 7.41. The Balaban J connectivity index is 2.13. The Morgan fingerprint density at radius 2 is 2.17 bits per heavy atom. The SMILES string of the molecule is CCOC(=O)C1=C(C)OC(N)=C(C#N)[C@@H]1c1ccc2c(c1)OCO2. The number of ether oxygens (including phenoxy) is 4. The van der Waals surface area contributed by atoms with Crippen molar-refractivity contribution in [2.45, 2.75) is 19.8 Å². The third kappa shape index (κ3) is 2.52. The van der Waals surface area contributed by atoms with E-state index in [-0.39, 0.29) is 30.4 Å². The van der Waals surface area contributed by atoms with Crippen molar-refractivity contribution >= 4 is 5.97 Å². The topological polar surface area (TPSA) is 104 Å². The largest absolute Gasteiger partial charge is 0.463 e. The molecule has 0 spiro atoms. The number of esters is 1. The minimum atomic E-state index is -0.683. The number of nitriles is 1. The zero-order valence-electron chi connectivity index (χ0n) is 13.3. The van der Waals surface area contributed by atoms with Gasteiger partial charge in [0.05, 0.1) is 18.1 Å². The van der Waals surface area contributed by atoms with Crippen LogP contribution in [0.2, 0.25) is 0 Å². The lowest BCUT2D eigenvalue weighted by molar-refractivity contribution is -0.139. The van der Waals surface area contributed by atoms with Crippen molar-refractivity contribution in [2.75, 3.05) is 13.4 Å². The smallest absolute Gasteiger partial charge is 0.338 e. The molecule has 0 saturated carbocycles. The highest BCUT2D eigenvalue weighted by Crippen LogP contribution is 2.43. The normalized spacial score (nSPS) is 19.0. The van der Waals surface area contributed by atoms with Crippen molar-refractivity contribution in [2.24, 2.45) is 5.73 Å². The number of allylic oxidation sites excluding steroid dienone is 2. The van der Waals surface area contributed by atoms with Gasteiger partial charge in [0.25, 0.3) is 0 Å². The Kier molecular flexibility index (Phi) is 4.04. The van der Waals surface area contributed by atoms with E-state index in [0.29, 0.717) is 22.8 Å². The molecule has 24 heavy (non-hydrogen) atoms. The average molecular weight is 328 g/mol. The molecule has 0 bridgehead atoms. The van der Waals surface area contributed by atoms with Crippen LogP contribution in [0.4, 0.5) is 0 Å². The molecule has 1 atom stereocenters. The van der Waals surface area contributed by atoms with Crippen LogP contribution in [-0.2, 0) is 14.3 Å². The molecule has 0 saturated heterocycles. The maximum absolute atomic E-state index is 12.4. The van der Waals surface area contributed by atoms with Gasteiger partial charge in [0.1, 0.15) is 17.4 Å². The highest BCUT2D eigenvalue weighted by atomic mass is 16.7. The van der Waals surface area contributed by atoms with Gasteiger partial charge in [0.2, 0.25) is 12.7 Å². The Bertz CT molecular complexity index is 804. The molecule has 7 heteroatoms. The van der Waals surface area contributed by atoms with Crippen LogP contribution in [0.3, 0.4) is 0 Å². The molecule has 0 aliphatic carbocycles. The van der Waals surface area contributed by atoms with Crippen molar-refractivity contribution < 1.29 is 23.7 Å². The van der Waals surface area contributed by atoms with Crippen molar-refractivity contribution in [1.29, 1.82) is 5.26 Å². The van der Waals surface area contributed by atoms with Gasteiger partial charge in [-0.2, -0.15) is 5.26 Å². The summed E-state index contributed by atoms with van der Waals surface area (Å²) in [6.07, 6.45) is 0. The first-order valence-corrected chi connectivity index (χ1v) is 7.41. The van der Waals surface area contributed by atoms with E-state index in [1.807, 2.05) is 6.07 Å². The molecule has 2 aliphatic heterocycles. The van der Waals surface area contributed by atoms with E-state index in [4.69, 9.17) is 24.7 Å². The first-order chi connectivity index (χ1) is 11.6. The molecular formula is C17H16N2O5. The number of nitrogens with zero attached hydrogens (tertiary/aromatic N) is 1. The predicted molar refractivity (Wildman–Crippen MR) is 82.6 cm³/mol. The van der Waals surface area contributed by atoms with Crippen molar-refractivity contribution in [1.82, 2.24) is 0 Å². The van der Waals surface area contributed by atoms with Crippen LogP contribution in [0.1, 0.15) is 25.3 Å². The maximum atomic E-state index is 12.4. The van der Waals surface area contributed by atoms with E-state index in [1.165, 1.54) is 0 Å². The minimum Gasteiger partial charge on any atom is -0.463 e. The van der Waals surface area contributed by atoms with Crippen molar-refractivity contribution in [3.05, 3.63) is 46.6 Å². The van der Waals surface area contributed by atoms with Crippen LogP contribution < -0.4 is 15.2 Å². The van der Waals surface area contributed by atoms with E-state index >= 15 is 0 Å². The number of hydrogen-bond donors (Lipinski definition) is 1. The lowest BCUT2D eigenvalue weighted by Gasteiger charge is -2.26. The van der Waals surface area contributed by atoms with Gasteiger partial charge in [-0.25, -0.2) is 4.79 Å². The standard InChI is InChI=1S/C17H16N2O5/c1-3-21-17(20)14-9(2)24-16(19)11(7-18)15(14)10-4-5-12-13(6-10)23-8-22-12/h4-6,15H,3,8,19H2,1-2H3/t15-/m0/s1. The van der Waals surface area contributed by atoms with Gasteiger partial charge >= 0.3 is 5.97 Å². The Morgan fingerprint density at radius 1 is 1.42 bits per heavy atom. The van der Waals surface area contributed by atoms with E-state index in [0.717, 1.165) is 0 Å². The van der Waals surface area contributed by atoms with Gasteiger partial charge < -0.3 is 24.7 Å². The van der Waals surface area contributed by atoms with Gasteiger partial charge in [-0.15, -0.1) is 0 Å². The summed E-state index contributed by atoms with van der Waals surface area (Å²) in [4.78, 5) is 12.4. The molecular weight excluding hydrogens is 312 g/mol. The second-order valence-corrected chi connectivity index (χ2v) is 5.23. The molecule has 2 heterocycles. The predicted octanol–water partition coefficient (Wildman–Crippen LogP) is 2.06. The number of fused-ring (bicyclic) bond motifs is 1. The van der Waals surface area contributed by atoms with Crippen LogP contribution >= 0.6 is 0 Å². The Morgan fingerprint density at radius 3 is 2.88 bits per heavy atom. The molecule has 124 valence electrons. The second kappa shape index (κ2) is 6.16. The van der Waals surface area contributed by atoms with Crippen LogP contribution in [0.5, 0.6) is 11.5 Å². The van der Waals surface area contributed by atoms with Gasteiger partial charge in [-0.1, -0.05) is 6.07 Å². The molecule has 1 aromatic carbocycles. The van der Waals surface area contributed by atoms with Crippen molar-refractivity contribution in [3.8, 4) is 17.6 Å². The monoisotopic (exact) mass is 328 g/mol. The van der Waals surface area contributed by atoms with Crippen molar-refractivity contribution in [3.63, 3.8) is 0 Å². The molecule has 0 aromatic heterocycles. The van der Waals surface area contributed by atoms with Crippen LogP contribution in [0.15, 0.2) is 41.0 Å². The highest BCUT2D eigenvalue weighted by Gasteiger charge is 2.36. The summed E-state index contributed by atoms with van der Waals surface area (Å²) in [5, 5.41) is 9.50. The second-order valence-electron chi connectivity index (χ2n) is 5.23. The zero-order valence-corrected chi connectivity index (χ0v) is 13.3. The maximum Gasteiger partial charge on any atom is 0.338 e. The lowest BCUT2D eigenvalue weighted by atomic mass is 9.83. The zero-order chi connectivity index (χ0) is 17.3. The third-order valence-electron chi connectivity index (χ3n) is 3.83. The van der Waals surface area contributed by atoms with Gasteiger partial charge in [-0.3, -0.25) is 0 Å². The molecule has 0 radical (unpaired) electrons. The number of nitrogens with two attached hydrogens (primary N) is 1. The fourth-order valence-corrected chi connectivity index (χ4v) is 2.78. The van der Waals surface area contributed by atoms with E-state index in [1.54, 1.807) is 32.0 Å². The number of benzene rings is 1. The molecule has 0 fully saturated rings. The van der Waals surface area contributed by atoms with Gasteiger partial charge in [0, 0.05) is 0 Å². The summed E-state index contributed by atoms with van der Waals surface area (Å²) in [7, 11) is 0. The lowest BCUT2D eigenvalue weighted by Crippen LogP contribution is -2.25. The Hall–Kier alpha value is -3.14. The summed E-state index contributed by atoms with van der Waals surface area (Å²) >= 11 is 0.